The number of fused-ring (bicyclic) bond motifs is 2. The van der Waals surface area contributed by atoms with E-state index >= 15 is 0 Å². The van der Waals surface area contributed by atoms with Crippen molar-refractivity contribution in [3.63, 3.8) is 0 Å². The van der Waals surface area contributed by atoms with E-state index in [0.29, 0.717) is 37.7 Å². The topological polar surface area (TPSA) is 105 Å². The summed E-state index contributed by atoms with van der Waals surface area (Å²) in [6, 6.07) is 7.15. The number of ether oxygens (including phenoxy) is 4. The minimum absolute atomic E-state index is 0.0584. The van der Waals surface area contributed by atoms with E-state index in [1.54, 1.807) is 6.92 Å². The predicted octanol–water partition coefficient (Wildman–Crippen LogP) is 6.15. The molecule has 3 aromatic rings. The lowest BCUT2D eigenvalue weighted by Crippen LogP contribution is -2.71. The summed E-state index contributed by atoms with van der Waals surface area (Å²) in [6.07, 6.45) is -6.38. The molecule has 2 aromatic heterocycles. The third-order valence-corrected chi connectivity index (χ3v) is 8.47. The lowest BCUT2D eigenvalue weighted by molar-refractivity contribution is -0.300. The summed E-state index contributed by atoms with van der Waals surface area (Å²) < 4.78 is 91.5. The van der Waals surface area contributed by atoms with E-state index in [1.165, 1.54) is 41.2 Å². The highest BCUT2D eigenvalue weighted by Crippen LogP contribution is 2.70. The molecule has 14 heteroatoms. The van der Waals surface area contributed by atoms with Crippen LogP contribution in [-0.4, -0.2) is 37.7 Å². The second-order valence-electron chi connectivity index (χ2n) is 11.4. The van der Waals surface area contributed by atoms with Crippen molar-refractivity contribution >= 4 is 5.97 Å². The van der Waals surface area contributed by atoms with Crippen molar-refractivity contribution in [2.75, 3.05) is 0 Å². The Labute approximate surface area is 235 Å². The molecule has 1 N–H and O–H groups in total. The number of pyridine rings is 1. The van der Waals surface area contributed by atoms with Crippen molar-refractivity contribution in [2.24, 2.45) is 5.41 Å². The third kappa shape index (κ3) is 4.26. The van der Waals surface area contributed by atoms with E-state index in [4.69, 9.17) is 9.47 Å². The van der Waals surface area contributed by atoms with Crippen molar-refractivity contribution in [3.05, 3.63) is 59.0 Å². The van der Waals surface area contributed by atoms with Gasteiger partial charge in [0.1, 0.15) is 12.2 Å². The fraction of sp³-hybridized carbons (Fsp3) is 0.464. The number of carboxylic acids is 1. The molecule has 9 nitrogen and oxygen atoms in total. The summed E-state index contributed by atoms with van der Waals surface area (Å²) in [5, 5.41) is 13.4. The van der Waals surface area contributed by atoms with Gasteiger partial charge < -0.3 is 24.1 Å². The van der Waals surface area contributed by atoms with Crippen LogP contribution in [0.15, 0.2) is 36.5 Å². The maximum atomic E-state index is 14.1. The summed E-state index contributed by atoms with van der Waals surface area (Å²) in [7, 11) is 0. The number of halogens is 5. The zero-order valence-electron chi connectivity index (χ0n) is 22.1. The Hall–Kier alpha value is -3.94. The molecular weight excluding hydrogens is 569 g/mol. The molecule has 42 heavy (non-hydrogen) atoms. The highest BCUT2D eigenvalue weighted by Gasteiger charge is 2.73. The highest BCUT2D eigenvalue weighted by atomic mass is 19.4. The van der Waals surface area contributed by atoms with E-state index in [2.05, 4.69) is 19.6 Å². The summed E-state index contributed by atoms with van der Waals surface area (Å²) in [4.78, 5) is 15.7. The van der Waals surface area contributed by atoms with Crippen molar-refractivity contribution in [3.8, 4) is 23.1 Å². The number of hydrogen-bond acceptors (Lipinski definition) is 7. The largest absolute Gasteiger partial charge is 0.586 e. The fourth-order valence-corrected chi connectivity index (χ4v) is 6.59. The quantitative estimate of drug-likeness (QED) is 0.326. The standard InChI is InChI=1S/C28H24F5N3O6/c1-14(15-5-6-18-20(9-15)42-28(32,33)41-18)39-21-10-16(7-8-34-21)36-22-17(23(35-36)27(29,30)31)3-2-4-19(22)40-26-11-25(12-26,13-26)24(37)38/h5-10,14,19H,2-4,11-13H2,1H3,(H,37,38)/t14-,19+,25?,26?/m0/s1. The molecule has 0 spiro atoms. The van der Waals surface area contributed by atoms with Gasteiger partial charge in [-0.15, -0.1) is 8.78 Å². The average molecular weight is 594 g/mol. The van der Waals surface area contributed by atoms with E-state index in [-0.39, 0.29) is 40.7 Å². The molecule has 3 saturated carbocycles. The van der Waals surface area contributed by atoms with Crippen LogP contribution in [0.4, 0.5) is 22.0 Å². The summed E-state index contributed by atoms with van der Waals surface area (Å²) in [5.41, 5.74) is -1.35. The number of rotatable bonds is 7. The minimum atomic E-state index is -4.70. The zero-order valence-corrected chi connectivity index (χ0v) is 22.1. The minimum Gasteiger partial charge on any atom is -0.481 e. The Morgan fingerprint density at radius 2 is 1.88 bits per heavy atom. The van der Waals surface area contributed by atoms with Crippen molar-refractivity contribution in [2.45, 2.75) is 75.7 Å². The second kappa shape index (κ2) is 8.79. The Morgan fingerprint density at radius 3 is 2.60 bits per heavy atom. The van der Waals surface area contributed by atoms with Gasteiger partial charge in [-0.2, -0.15) is 18.3 Å². The van der Waals surface area contributed by atoms with E-state index in [0.717, 1.165) is 0 Å². The Kier molecular flexibility index (Phi) is 5.63. The average Bonchev–Trinajstić information content (AvgIpc) is 3.41. The first-order valence-corrected chi connectivity index (χ1v) is 13.4. The highest BCUT2D eigenvalue weighted by molar-refractivity contribution is 5.79. The molecular formula is C28H24F5N3O6. The number of alkyl halides is 5. The molecule has 1 aromatic carbocycles. The Bertz CT molecular complexity index is 1590. The van der Waals surface area contributed by atoms with Crippen molar-refractivity contribution in [1.82, 2.24) is 14.8 Å². The molecule has 2 atom stereocenters. The smallest absolute Gasteiger partial charge is 0.481 e. The number of hydrogen-bond donors (Lipinski definition) is 1. The molecule has 3 heterocycles. The van der Waals surface area contributed by atoms with Crippen LogP contribution in [0.5, 0.6) is 17.4 Å². The van der Waals surface area contributed by atoms with E-state index < -0.39 is 47.4 Å². The molecule has 5 aliphatic rings. The Balaban J connectivity index is 1.18. The third-order valence-electron chi connectivity index (χ3n) is 8.47. The molecule has 8 rings (SSSR count). The van der Waals surface area contributed by atoms with Crippen LogP contribution < -0.4 is 14.2 Å². The predicted molar refractivity (Wildman–Crippen MR) is 131 cm³/mol. The lowest BCUT2D eigenvalue weighted by atomic mass is 9.41. The maximum absolute atomic E-state index is 14.1. The van der Waals surface area contributed by atoms with Crippen LogP contribution in [0, 0.1) is 5.41 Å². The molecule has 1 aliphatic heterocycles. The van der Waals surface area contributed by atoms with Crippen LogP contribution >= 0.6 is 0 Å². The number of carbonyl (C=O) groups is 1. The Morgan fingerprint density at radius 1 is 1.14 bits per heavy atom. The monoisotopic (exact) mass is 593 g/mol. The second-order valence-corrected chi connectivity index (χ2v) is 11.4. The first kappa shape index (κ1) is 26.9. The normalized spacial score (nSPS) is 27.4. The van der Waals surface area contributed by atoms with E-state index in [9.17, 15) is 31.9 Å². The molecule has 0 unspecified atom stereocenters. The van der Waals surface area contributed by atoms with Crippen LogP contribution in [0.2, 0.25) is 0 Å². The number of carboxylic acid groups (broad SMARTS) is 1. The lowest BCUT2D eigenvalue weighted by Gasteiger charge is -2.67. The summed E-state index contributed by atoms with van der Waals surface area (Å²) in [5.74, 6) is -1.08. The fourth-order valence-electron chi connectivity index (χ4n) is 6.59. The summed E-state index contributed by atoms with van der Waals surface area (Å²) >= 11 is 0. The van der Waals surface area contributed by atoms with Crippen LogP contribution in [0.3, 0.4) is 0 Å². The van der Waals surface area contributed by atoms with E-state index in [1.807, 2.05) is 0 Å². The van der Waals surface area contributed by atoms with Gasteiger partial charge in [0.25, 0.3) is 0 Å². The zero-order chi connectivity index (χ0) is 29.7. The van der Waals surface area contributed by atoms with Gasteiger partial charge in [-0.25, -0.2) is 9.67 Å². The first-order chi connectivity index (χ1) is 19.8. The van der Waals surface area contributed by atoms with Crippen LogP contribution in [0.25, 0.3) is 5.69 Å². The van der Waals surface area contributed by atoms with Gasteiger partial charge in [0.2, 0.25) is 5.88 Å². The number of aromatic nitrogens is 3. The molecule has 4 aliphatic carbocycles. The van der Waals surface area contributed by atoms with Crippen LogP contribution in [-0.2, 0) is 22.1 Å². The molecule has 2 bridgehead atoms. The van der Waals surface area contributed by atoms with Gasteiger partial charge in [-0.3, -0.25) is 4.79 Å². The molecule has 0 saturated heterocycles. The van der Waals surface area contributed by atoms with Gasteiger partial charge in [-0.05, 0) is 69.2 Å². The first-order valence-electron chi connectivity index (χ1n) is 13.4. The van der Waals surface area contributed by atoms with Gasteiger partial charge in [-0.1, -0.05) is 6.07 Å². The number of aliphatic carboxylic acids is 1. The molecule has 222 valence electrons. The van der Waals surface area contributed by atoms with Crippen molar-refractivity contribution < 1.29 is 50.8 Å². The molecule has 3 fully saturated rings. The van der Waals surface area contributed by atoms with Gasteiger partial charge in [0.05, 0.1) is 22.4 Å². The number of nitrogens with zero attached hydrogens (tertiary/aromatic N) is 3. The summed E-state index contributed by atoms with van der Waals surface area (Å²) in [6.45, 7) is 1.65. The van der Waals surface area contributed by atoms with Crippen LogP contribution in [0.1, 0.15) is 73.8 Å². The van der Waals surface area contributed by atoms with Crippen molar-refractivity contribution in [1.29, 1.82) is 0 Å². The van der Waals surface area contributed by atoms with Gasteiger partial charge in [0.15, 0.2) is 17.2 Å². The molecule has 0 amide bonds. The van der Waals surface area contributed by atoms with Gasteiger partial charge in [0, 0.05) is 17.8 Å². The maximum Gasteiger partial charge on any atom is 0.586 e. The molecule has 0 radical (unpaired) electrons. The SMILES string of the molecule is C[C@H](Oc1cc(-n2nc(C(F)(F)F)c3c2[C@H](OC24CC(C(=O)O)(C2)C4)CCC3)ccn1)c1ccc2c(c1)OC(F)(F)O2. The van der Waals surface area contributed by atoms with Gasteiger partial charge >= 0.3 is 18.4 Å². The number of benzene rings is 1.